The normalized spacial score (nSPS) is 10.5. The van der Waals surface area contributed by atoms with Crippen LogP contribution in [-0.2, 0) is 17.6 Å². The highest BCUT2D eigenvalue weighted by molar-refractivity contribution is 7.16. The van der Waals surface area contributed by atoms with E-state index in [4.69, 9.17) is 16.7 Å². The van der Waals surface area contributed by atoms with Crippen LogP contribution < -0.4 is 5.32 Å². The molecule has 2 aromatic rings. The van der Waals surface area contributed by atoms with Crippen LogP contribution in [0.3, 0.4) is 0 Å². The zero-order valence-electron chi connectivity index (χ0n) is 12.5. The molecule has 23 heavy (non-hydrogen) atoms. The third-order valence-corrected chi connectivity index (χ3v) is 4.66. The Morgan fingerprint density at radius 3 is 2.43 bits per heavy atom. The van der Waals surface area contributed by atoms with Crippen molar-refractivity contribution >= 4 is 34.8 Å². The minimum atomic E-state index is -0.965. The lowest BCUT2D eigenvalue weighted by Crippen LogP contribution is -2.26. The standard InChI is InChI=1S/C17H18ClNO3S/c18-15-9-8-14(23-15)3-1-2-10-19-16(20)11-12-4-6-13(7-5-12)17(21)22/h4-9H,1-3,10-11H2,(H,19,20)(H,21,22). The Bertz CT molecular complexity index is 667. The molecule has 0 radical (unpaired) electrons. The fraction of sp³-hybridized carbons (Fsp3) is 0.294. The molecule has 1 aromatic heterocycles. The Labute approximate surface area is 144 Å². The predicted molar refractivity (Wildman–Crippen MR) is 92.4 cm³/mol. The average molecular weight is 352 g/mol. The van der Waals surface area contributed by atoms with Crippen LogP contribution in [-0.4, -0.2) is 23.5 Å². The van der Waals surface area contributed by atoms with Gasteiger partial charge in [-0.2, -0.15) is 0 Å². The van der Waals surface area contributed by atoms with E-state index in [1.165, 1.54) is 17.0 Å². The Morgan fingerprint density at radius 1 is 1.09 bits per heavy atom. The number of hydrogen-bond acceptors (Lipinski definition) is 3. The van der Waals surface area contributed by atoms with Crippen LogP contribution in [0, 0.1) is 0 Å². The molecule has 0 fully saturated rings. The van der Waals surface area contributed by atoms with E-state index in [0.29, 0.717) is 6.54 Å². The van der Waals surface area contributed by atoms with Crippen molar-refractivity contribution in [2.45, 2.75) is 25.7 Å². The number of nitrogens with one attached hydrogen (secondary N) is 1. The summed E-state index contributed by atoms with van der Waals surface area (Å²) in [5, 5.41) is 11.7. The van der Waals surface area contributed by atoms with E-state index in [-0.39, 0.29) is 17.9 Å². The quantitative estimate of drug-likeness (QED) is 0.711. The van der Waals surface area contributed by atoms with E-state index in [1.807, 2.05) is 12.1 Å². The highest BCUT2D eigenvalue weighted by Crippen LogP contribution is 2.22. The molecule has 6 heteroatoms. The number of rotatable bonds is 8. The van der Waals surface area contributed by atoms with Gasteiger partial charge in [0.25, 0.3) is 0 Å². The molecule has 0 atom stereocenters. The summed E-state index contributed by atoms with van der Waals surface area (Å²) in [6.07, 6.45) is 3.16. The Morgan fingerprint density at radius 2 is 1.83 bits per heavy atom. The minimum absolute atomic E-state index is 0.0488. The van der Waals surface area contributed by atoms with Crippen LogP contribution in [0.5, 0.6) is 0 Å². The summed E-state index contributed by atoms with van der Waals surface area (Å²) in [4.78, 5) is 23.8. The van der Waals surface area contributed by atoms with Gasteiger partial charge >= 0.3 is 5.97 Å². The van der Waals surface area contributed by atoms with Gasteiger partial charge in [0.1, 0.15) is 0 Å². The third-order valence-electron chi connectivity index (χ3n) is 3.37. The SMILES string of the molecule is O=C(Cc1ccc(C(=O)O)cc1)NCCCCc1ccc(Cl)s1. The van der Waals surface area contributed by atoms with Crippen LogP contribution in [0.4, 0.5) is 0 Å². The summed E-state index contributed by atoms with van der Waals surface area (Å²) in [6, 6.07) is 10.3. The van der Waals surface area contributed by atoms with E-state index >= 15 is 0 Å². The molecule has 122 valence electrons. The minimum Gasteiger partial charge on any atom is -0.478 e. The second-order valence-electron chi connectivity index (χ2n) is 5.19. The van der Waals surface area contributed by atoms with Crippen LogP contribution in [0.15, 0.2) is 36.4 Å². The Balaban J connectivity index is 1.64. The first-order valence-corrected chi connectivity index (χ1v) is 8.57. The van der Waals surface area contributed by atoms with Crippen molar-refractivity contribution in [3.8, 4) is 0 Å². The summed E-state index contributed by atoms with van der Waals surface area (Å²) in [5.41, 5.74) is 1.03. The van der Waals surface area contributed by atoms with Gasteiger partial charge in [-0.25, -0.2) is 4.79 Å². The number of halogens is 1. The van der Waals surface area contributed by atoms with Crippen LogP contribution in [0.1, 0.15) is 33.6 Å². The fourth-order valence-corrected chi connectivity index (χ4v) is 3.28. The summed E-state index contributed by atoms with van der Waals surface area (Å²) in [6.45, 7) is 0.644. The van der Waals surface area contributed by atoms with Crippen molar-refractivity contribution in [3.05, 3.63) is 56.7 Å². The maximum atomic E-state index is 11.8. The number of carboxylic acid groups (broad SMARTS) is 1. The van der Waals surface area contributed by atoms with Crippen molar-refractivity contribution in [1.29, 1.82) is 0 Å². The molecule has 0 bridgehead atoms. The third kappa shape index (κ3) is 6.04. The van der Waals surface area contributed by atoms with Crippen molar-refractivity contribution in [2.75, 3.05) is 6.54 Å². The van der Waals surface area contributed by atoms with Crippen molar-refractivity contribution in [3.63, 3.8) is 0 Å². The summed E-state index contributed by atoms with van der Waals surface area (Å²) >= 11 is 7.47. The number of carboxylic acids is 1. The molecule has 0 aliphatic heterocycles. The van der Waals surface area contributed by atoms with Crippen LogP contribution >= 0.6 is 22.9 Å². The number of hydrogen-bond donors (Lipinski definition) is 2. The number of unbranched alkanes of at least 4 members (excludes halogenated alkanes) is 1. The number of thiophene rings is 1. The topological polar surface area (TPSA) is 66.4 Å². The van der Waals surface area contributed by atoms with Crippen molar-refractivity contribution in [1.82, 2.24) is 5.32 Å². The lowest BCUT2D eigenvalue weighted by molar-refractivity contribution is -0.120. The van der Waals surface area contributed by atoms with E-state index in [2.05, 4.69) is 5.32 Å². The molecule has 0 unspecified atom stereocenters. The number of carbonyl (C=O) groups excluding carboxylic acids is 1. The first-order valence-electron chi connectivity index (χ1n) is 7.38. The largest absolute Gasteiger partial charge is 0.478 e. The van der Waals surface area contributed by atoms with E-state index in [9.17, 15) is 9.59 Å². The van der Waals surface area contributed by atoms with Crippen molar-refractivity contribution < 1.29 is 14.7 Å². The van der Waals surface area contributed by atoms with Gasteiger partial charge in [0.05, 0.1) is 16.3 Å². The number of carbonyl (C=O) groups is 2. The molecular weight excluding hydrogens is 334 g/mol. The fourth-order valence-electron chi connectivity index (χ4n) is 2.15. The van der Waals surface area contributed by atoms with Crippen molar-refractivity contribution in [2.24, 2.45) is 0 Å². The first-order chi connectivity index (χ1) is 11.0. The van der Waals surface area contributed by atoms with E-state index < -0.39 is 5.97 Å². The summed E-state index contributed by atoms with van der Waals surface area (Å²) < 4.78 is 0.808. The molecule has 4 nitrogen and oxygen atoms in total. The van der Waals surface area contributed by atoms with Gasteiger partial charge in [-0.1, -0.05) is 23.7 Å². The monoisotopic (exact) mass is 351 g/mol. The van der Waals surface area contributed by atoms with Gasteiger partial charge < -0.3 is 10.4 Å². The van der Waals surface area contributed by atoms with Gasteiger partial charge in [0.15, 0.2) is 0 Å². The van der Waals surface area contributed by atoms with Gasteiger partial charge in [0, 0.05) is 11.4 Å². The number of amides is 1. The zero-order chi connectivity index (χ0) is 16.7. The van der Waals surface area contributed by atoms with Gasteiger partial charge in [0.2, 0.25) is 5.91 Å². The Hall–Kier alpha value is -1.85. The molecule has 2 rings (SSSR count). The van der Waals surface area contributed by atoms with Crippen LogP contribution in [0.25, 0.3) is 0 Å². The summed E-state index contributed by atoms with van der Waals surface area (Å²) in [7, 11) is 0. The number of aryl methyl sites for hydroxylation is 1. The number of benzene rings is 1. The molecular formula is C17H18ClNO3S. The molecule has 0 saturated heterocycles. The molecule has 0 saturated carbocycles. The Kier molecular flexibility index (Phi) is 6.62. The number of aromatic carboxylic acids is 1. The maximum Gasteiger partial charge on any atom is 0.335 e. The highest BCUT2D eigenvalue weighted by Gasteiger charge is 2.05. The molecule has 1 amide bonds. The van der Waals surface area contributed by atoms with Crippen LogP contribution in [0.2, 0.25) is 4.34 Å². The molecule has 1 heterocycles. The van der Waals surface area contributed by atoms with Gasteiger partial charge in [-0.3, -0.25) is 4.79 Å². The lowest BCUT2D eigenvalue weighted by atomic mass is 10.1. The summed E-state index contributed by atoms with van der Waals surface area (Å²) in [5.74, 6) is -1.01. The highest BCUT2D eigenvalue weighted by atomic mass is 35.5. The van der Waals surface area contributed by atoms with Gasteiger partial charge in [-0.15, -0.1) is 11.3 Å². The molecule has 0 spiro atoms. The second kappa shape index (κ2) is 8.70. The first kappa shape index (κ1) is 17.5. The molecule has 1 aromatic carbocycles. The maximum absolute atomic E-state index is 11.8. The molecule has 0 aliphatic carbocycles. The second-order valence-corrected chi connectivity index (χ2v) is 6.99. The molecule has 0 aliphatic rings. The van der Waals surface area contributed by atoms with E-state index in [1.54, 1.807) is 23.5 Å². The van der Waals surface area contributed by atoms with E-state index in [0.717, 1.165) is 29.2 Å². The average Bonchev–Trinajstić information content (AvgIpc) is 2.93. The lowest BCUT2D eigenvalue weighted by Gasteiger charge is -2.05. The molecule has 2 N–H and O–H groups in total. The zero-order valence-corrected chi connectivity index (χ0v) is 14.1. The predicted octanol–water partition coefficient (Wildman–Crippen LogP) is 3.78. The smallest absolute Gasteiger partial charge is 0.335 e. The van der Waals surface area contributed by atoms with Gasteiger partial charge in [-0.05, 0) is 49.1 Å².